The number of benzene rings is 1. The van der Waals surface area contributed by atoms with E-state index in [0.717, 1.165) is 88.4 Å². The predicted molar refractivity (Wildman–Crippen MR) is 227 cm³/mol. The lowest BCUT2D eigenvalue weighted by Gasteiger charge is -2.73. The first-order chi connectivity index (χ1) is 27.8. The summed E-state index contributed by atoms with van der Waals surface area (Å²) in [4.78, 5) is 48.2. The van der Waals surface area contributed by atoms with Gasteiger partial charge in [-0.05, 0) is 142 Å². The molecule has 2 aromatic rings. The third-order valence-corrected chi connectivity index (χ3v) is 19.9. The molecule has 0 bridgehead atoms. The molecule has 3 unspecified atom stereocenters. The van der Waals surface area contributed by atoms with E-state index in [1.54, 1.807) is 6.26 Å². The molecular weight excluding hydrogens is 737 g/mol. The molecular formula is C51H70N2O6. The molecule has 1 aromatic carbocycles. The summed E-state index contributed by atoms with van der Waals surface area (Å²) in [6, 6.07) is 10.0. The van der Waals surface area contributed by atoms with Crippen LogP contribution in [0.1, 0.15) is 151 Å². The summed E-state index contributed by atoms with van der Waals surface area (Å²) < 4.78 is 12.6. The van der Waals surface area contributed by atoms with Gasteiger partial charge in [0, 0.05) is 17.5 Å². The minimum absolute atomic E-state index is 0.0951. The molecule has 0 spiro atoms. The van der Waals surface area contributed by atoms with Crippen molar-refractivity contribution in [3.63, 3.8) is 0 Å². The normalized spacial score (nSPS) is 43.0. The number of carboxylic acids is 1. The van der Waals surface area contributed by atoms with E-state index < -0.39 is 17.3 Å². The Kier molecular flexibility index (Phi) is 9.58. The summed E-state index contributed by atoms with van der Waals surface area (Å²) in [5, 5.41) is 9.70. The molecule has 2 heterocycles. The molecule has 6 saturated carbocycles. The summed E-state index contributed by atoms with van der Waals surface area (Å²) >= 11 is 0. The van der Waals surface area contributed by atoms with Gasteiger partial charge in [-0.1, -0.05) is 91.0 Å². The number of hydrogen-bond acceptors (Lipinski definition) is 6. The summed E-state index contributed by atoms with van der Waals surface area (Å²) in [5.74, 6) is 1.16. The molecule has 7 fully saturated rings. The van der Waals surface area contributed by atoms with Crippen molar-refractivity contribution in [2.24, 2.45) is 73.9 Å². The van der Waals surface area contributed by atoms with E-state index in [1.165, 1.54) is 12.0 Å². The number of fused-ring (bicyclic) bond motifs is 7. The molecule has 13 atom stereocenters. The minimum Gasteiger partial charge on any atom is -0.481 e. The van der Waals surface area contributed by atoms with Crippen LogP contribution < -0.4 is 0 Å². The third kappa shape index (κ3) is 5.71. The first kappa shape index (κ1) is 41.0. The van der Waals surface area contributed by atoms with Gasteiger partial charge in [0.2, 0.25) is 11.8 Å². The van der Waals surface area contributed by atoms with Crippen molar-refractivity contribution >= 4 is 17.8 Å². The van der Waals surface area contributed by atoms with Crippen LogP contribution in [0.4, 0.5) is 0 Å². The van der Waals surface area contributed by atoms with Crippen molar-refractivity contribution in [2.75, 3.05) is 6.54 Å². The van der Waals surface area contributed by atoms with Gasteiger partial charge < -0.3 is 19.2 Å². The lowest BCUT2D eigenvalue weighted by Crippen LogP contribution is -2.67. The fraction of sp³-hybridized carbons (Fsp3) is 0.725. The Balaban J connectivity index is 0.968. The van der Waals surface area contributed by atoms with E-state index in [-0.39, 0.29) is 57.0 Å². The van der Waals surface area contributed by atoms with Gasteiger partial charge in [0.05, 0.1) is 17.3 Å². The molecule has 1 aromatic heterocycles. The van der Waals surface area contributed by atoms with Crippen molar-refractivity contribution in [1.82, 2.24) is 9.88 Å². The number of ether oxygens (including phenoxy) is 1. The SMILES string of the molecule is C=C(C)[C@@H]1CC[C@]2(C(=O)N3CCC[C@H]3c3nc(-c4ccccc4)co3)CC[C@]3(C)[C@H](CCC4[C@@]5(C)CC[C@H](OC(=O)[C@H]6C[C@@H](C(=O)O)C6(C)C)C(C)(C)C5CC[C@]43C)C12. The van der Waals surface area contributed by atoms with Gasteiger partial charge in [-0.15, -0.1) is 0 Å². The van der Waals surface area contributed by atoms with Crippen LogP contribution in [-0.4, -0.2) is 45.5 Å². The molecule has 1 saturated heterocycles. The Morgan fingerprint density at radius 2 is 1.58 bits per heavy atom. The van der Waals surface area contributed by atoms with Gasteiger partial charge in [-0.25, -0.2) is 4.98 Å². The van der Waals surface area contributed by atoms with Crippen LogP contribution in [0.2, 0.25) is 0 Å². The molecule has 1 N–H and O–H groups in total. The number of hydrogen-bond donors (Lipinski definition) is 1. The van der Waals surface area contributed by atoms with Gasteiger partial charge in [-0.3, -0.25) is 14.4 Å². The number of aliphatic carboxylic acids is 1. The number of amides is 1. The summed E-state index contributed by atoms with van der Waals surface area (Å²) in [7, 11) is 0. The third-order valence-electron chi connectivity index (χ3n) is 19.9. The van der Waals surface area contributed by atoms with Gasteiger partial charge in [0.25, 0.3) is 0 Å². The van der Waals surface area contributed by atoms with Crippen molar-refractivity contribution in [2.45, 2.75) is 151 Å². The Morgan fingerprint density at radius 3 is 2.27 bits per heavy atom. The van der Waals surface area contributed by atoms with Gasteiger partial charge in [-0.2, -0.15) is 0 Å². The number of allylic oxidation sites excluding steroid dienone is 1. The van der Waals surface area contributed by atoms with E-state index in [0.29, 0.717) is 41.9 Å². The zero-order valence-corrected chi connectivity index (χ0v) is 37.1. The average molecular weight is 807 g/mol. The zero-order valence-electron chi connectivity index (χ0n) is 37.1. The highest BCUT2D eigenvalue weighted by molar-refractivity contribution is 5.85. The average Bonchev–Trinajstić information content (AvgIpc) is 3.95. The minimum atomic E-state index is -0.819. The lowest BCUT2D eigenvalue weighted by atomic mass is 9.32. The summed E-state index contributed by atoms with van der Waals surface area (Å²) in [6.45, 7) is 23.9. The van der Waals surface area contributed by atoms with Crippen LogP contribution in [0.15, 0.2) is 53.2 Å². The maximum Gasteiger partial charge on any atom is 0.309 e. The topological polar surface area (TPSA) is 110 Å². The first-order valence-corrected chi connectivity index (χ1v) is 23.2. The fourth-order valence-corrected chi connectivity index (χ4v) is 16.4. The number of likely N-dealkylation sites (tertiary alicyclic amines) is 1. The van der Waals surface area contributed by atoms with Gasteiger partial charge in [0.1, 0.15) is 24.1 Å². The monoisotopic (exact) mass is 807 g/mol. The largest absolute Gasteiger partial charge is 0.481 e. The van der Waals surface area contributed by atoms with Crippen molar-refractivity contribution in [3.05, 3.63) is 54.6 Å². The molecule has 9 rings (SSSR count). The van der Waals surface area contributed by atoms with E-state index >= 15 is 4.79 Å². The van der Waals surface area contributed by atoms with Crippen LogP contribution in [0, 0.1) is 73.9 Å². The number of esters is 1. The number of rotatable bonds is 7. The van der Waals surface area contributed by atoms with Crippen molar-refractivity contribution in [3.8, 4) is 11.3 Å². The molecule has 6 aliphatic carbocycles. The fourth-order valence-electron chi connectivity index (χ4n) is 16.4. The molecule has 8 nitrogen and oxygen atoms in total. The molecule has 7 aliphatic rings. The summed E-state index contributed by atoms with van der Waals surface area (Å²) in [5.41, 5.74) is 2.26. The number of nitrogens with zero attached hydrogens (tertiary/aromatic N) is 2. The molecule has 59 heavy (non-hydrogen) atoms. The maximum atomic E-state index is 15.5. The Bertz CT molecular complexity index is 2020. The molecule has 320 valence electrons. The van der Waals surface area contributed by atoms with Crippen LogP contribution in [0.25, 0.3) is 11.3 Å². The molecule has 0 radical (unpaired) electrons. The molecule has 1 amide bonds. The number of carbonyl (C=O) groups excluding carboxylic acids is 2. The lowest BCUT2D eigenvalue weighted by molar-refractivity contribution is -0.251. The van der Waals surface area contributed by atoms with E-state index in [2.05, 4.69) is 65.2 Å². The number of carboxylic acid groups (broad SMARTS) is 1. The second kappa shape index (κ2) is 13.8. The first-order valence-electron chi connectivity index (χ1n) is 23.2. The Hall–Kier alpha value is -3.42. The van der Waals surface area contributed by atoms with Crippen LogP contribution in [-0.2, 0) is 19.1 Å². The molecule has 1 aliphatic heterocycles. The van der Waals surface area contributed by atoms with Crippen molar-refractivity contribution < 1.29 is 28.6 Å². The van der Waals surface area contributed by atoms with Crippen LogP contribution in [0.3, 0.4) is 0 Å². The quantitative estimate of drug-likeness (QED) is 0.219. The highest BCUT2D eigenvalue weighted by atomic mass is 16.5. The van der Waals surface area contributed by atoms with Gasteiger partial charge >= 0.3 is 11.9 Å². The second-order valence-electron chi connectivity index (χ2n) is 22.7. The molecule has 8 heteroatoms. The highest BCUT2D eigenvalue weighted by Gasteiger charge is 2.72. The number of carbonyl (C=O) groups is 3. The second-order valence-corrected chi connectivity index (χ2v) is 22.7. The van der Waals surface area contributed by atoms with Crippen LogP contribution in [0.5, 0.6) is 0 Å². The summed E-state index contributed by atoms with van der Waals surface area (Å²) in [6.07, 6.45) is 14.2. The standard InChI is InChI=1S/C51H70N2O6/c1-30(2)32-19-24-51(45(57)53-27-13-16-37(53)42-52-36(29-58-42)31-14-11-10-12-15-31)26-25-49(8)33(41(32)51)17-18-39-48(7)22-21-40(47(5,6)38(48)20-23-50(39,49)9)59-44(56)35-28-34(43(54)55)46(35,3)4/h10-12,14-15,29,32-35,37-41H,1,13,16-28H2,2-9H3,(H,54,55)/t32-,33+,34-,35+,37-,38?,39?,40-,41?,48-,49+,50+,51-/m0/s1. The van der Waals surface area contributed by atoms with E-state index in [1.807, 2.05) is 32.0 Å². The van der Waals surface area contributed by atoms with Gasteiger partial charge in [0.15, 0.2) is 0 Å². The Labute approximate surface area is 352 Å². The highest BCUT2D eigenvalue weighted by Crippen LogP contribution is 2.78. The maximum absolute atomic E-state index is 15.5. The van der Waals surface area contributed by atoms with Crippen molar-refractivity contribution in [1.29, 1.82) is 0 Å². The van der Waals surface area contributed by atoms with Crippen LogP contribution >= 0.6 is 0 Å². The number of aromatic nitrogens is 1. The zero-order chi connectivity index (χ0) is 42.1. The van der Waals surface area contributed by atoms with E-state index in [9.17, 15) is 14.7 Å². The number of oxazole rings is 1. The predicted octanol–water partition coefficient (Wildman–Crippen LogP) is 11.3. The van der Waals surface area contributed by atoms with E-state index in [4.69, 9.17) is 14.1 Å². The smallest absolute Gasteiger partial charge is 0.309 e. The Morgan fingerprint density at radius 1 is 0.831 bits per heavy atom.